The van der Waals surface area contributed by atoms with E-state index in [9.17, 15) is 9.18 Å². The lowest BCUT2D eigenvalue weighted by Crippen LogP contribution is -2.40. The van der Waals surface area contributed by atoms with Crippen molar-refractivity contribution in [2.75, 3.05) is 39.9 Å². The van der Waals surface area contributed by atoms with Crippen molar-refractivity contribution in [2.24, 2.45) is 5.92 Å². The highest BCUT2D eigenvalue weighted by atomic mass is 35.5. The van der Waals surface area contributed by atoms with Crippen molar-refractivity contribution in [1.29, 1.82) is 0 Å². The van der Waals surface area contributed by atoms with Crippen LogP contribution in [0, 0.1) is 11.7 Å². The Balaban J connectivity index is 1.71. The van der Waals surface area contributed by atoms with Gasteiger partial charge in [0.1, 0.15) is 5.82 Å². The first kappa shape index (κ1) is 18.2. The van der Waals surface area contributed by atoms with Crippen LogP contribution in [0.3, 0.4) is 0 Å². The highest BCUT2D eigenvalue weighted by molar-refractivity contribution is 6.31. The second-order valence-corrected chi connectivity index (χ2v) is 6.37. The van der Waals surface area contributed by atoms with E-state index in [0.29, 0.717) is 17.5 Å². The molecule has 0 aliphatic carbocycles. The van der Waals surface area contributed by atoms with E-state index in [-0.39, 0.29) is 17.9 Å². The van der Waals surface area contributed by atoms with Gasteiger partial charge in [-0.15, -0.1) is 0 Å². The average molecular weight is 343 g/mol. The fraction of sp³-hybridized carbons (Fsp3) is 0.588. The van der Waals surface area contributed by atoms with Crippen molar-refractivity contribution in [3.63, 3.8) is 0 Å². The van der Waals surface area contributed by atoms with Crippen molar-refractivity contribution in [1.82, 2.24) is 10.2 Å². The Hall–Kier alpha value is -1.17. The Morgan fingerprint density at radius 3 is 2.83 bits per heavy atom. The van der Waals surface area contributed by atoms with Gasteiger partial charge in [-0.05, 0) is 44.0 Å². The van der Waals surface area contributed by atoms with Crippen LogP contribution in [-0.2, 0) is 16.0 Å². The maximum absolute atomic E-state index is 13.7. The summed E-state index contributed by atoms with van der Waals surface area (Å²) in [7, 11) is 1.71. The molecule has 2 rings (SSSR count). The van der Waals surface area contributed by atoms with Crippen molar-refractivity contribution in [3.8, 4) is 0 Å². The molecule has 1 saturated heterocycles. The summed E-state index contributed by atoms with van der Waals surface area (Å²) >= 11 is 5.94. The van der Waals surface area contributed by atoms with Crippen molar-refractivity contribution in [3.05, 3.63) is 34.6 Å². The molecule has 0 aromatic heterocycles. The third kappa shape index (κ3) is 5.75. The topological polar surface area (TPSA) is 41.6 Å². The number of ether oxygens (including phenoxy) is 1. The van der Waals surface area contributed by atoms with Crippen molar-refractivity contribution < 1.29 is 13.9 Å². The molecule has 1 fully saturated rings. The summed E-state index contributed by atoms with van der Waals surface area (Å²) in [6, 6.07) is 4.46. The number of piperidine rings is 1. The van der Waals surface area contributed by atoms with Gasteiger partial charge in [0.25, 0.3) is 0 Å². The maximum atomic E-state index is 13.7. The van der Waals surface area contributed by atoms with E-state index in [1.165, 1.54) is 12.1 Å². The number of hydrogen-bond donors (Lipinski definition) is 1. The molecule has 0 spiro atoms. The van der Waals surface area contributed by atoms with Crippen LogP contribution in [0.25, 0.3) is 0 Å². The molecule has 0 radical (unpaired) electrons. The first-order valence-corrected chi connectivity index (χ1v) is 8.39. The number of likely N-dealkylation sites (tertiary alicyclic amines) is 1. The van der Waals surface area contributed by atoms with Gasteiger partial charge < -0.3 is 15.0 Å². The third-order valence-corrected chi connectivity index (χ3v) is 4.66. The van der Waals surface area contributed by atoms with Gasteiger partial charge in [0.15, 0.2) is 0 Å². The van der Waals surface area contributed by atoms with Gasteiger partial charge in [0.05, 0.1) is 13.0 Å². The molecule has 1 amide bonds. The molecule has 0 saturated carbocycles. The summed E-state index contributed by atoms with van der Waals surface area (Å²) in [6.45, 7) is 4.42. The Morgan fingerprint density at radius 1 is 1.43 bits per heavy atom. The zero-order valence-corrected chi connectivity index (χ0v) is 14.2. The molecule has 4 nitrogen and oxygen atoms in total. The van der Waals surface area contributed by atoms with Crippen LogP contribution in [0.5, 0.6) is 0 Å². The van der Waals surface area contributed by atoms with Gasteiger partial charge in [-0.3, -0.25) is 4.79 Å². The molecule has 128 valence electrons. The van der Waals surface area contributed by atoms with Gasteiger partial charge in [0, 0.05) is 30.8 Å². The van der Waals surface area contributed by atoms with Gasteiger partial charge in [-0.1, -0.05) is 17.7 Å². The van der Waals surface area contributed by atoms with Crippen LogP contribution in [0.15, 0.2) is 18.2 Å². The van der Waals surface area contributed by atoms with E-state index in [1.54, 1.807) is 13.2 Å². The van der Waals surface area contributed by atoms with E-state index < -0.39 is 5.82 Å². The molecule has 1 aliphatic heterocycles. The van der Waals surface area contributed by atoms with Crippen LogP contribution in [0.2, 0.25) is 5.02 Å². The number of nitrogens with one attached hydrogen (secondary N) is 1. The molecule has 0 atom stereocenters. The summed E-state index contributed by atoms with van der Waals surface area (Å²) in [5.41, 5.74) is 0.265. The first-order valence-electron chi connectivity index (χ1n) is 8.01. The number of rotatable bonds is 7. The Bertz CT molecular complexity index is 499. The molecule has 0 bridgehead atoms. The number of carbonyl (C=O) groups excluding carboxylic acids is 1. The minimum atomic E-state index is -0.431. The van der Waals surface area contributed by atoms with Crippen molar-refractivity contribution in [2.45, 2.75) is 19.3 Å². The Kier molecular flexibility index (Phi) is 7.27. The largest absolute Gasteiger partial charge is 0.383 e. The summed E-state index contributed by atoms with van der Waals surface area (Å²) in [5.74, 6) is -0.133. The van der Waals surface area contributed by atoms with E-state index in [0.717, 1.165) is 39.1 Å². The average Bonchev–Trinajstić information content (AvgIpc) is 2.55. The lowest BCUT2D eigenvalue weighted by atomic mass is 9.96. The lowest BCUT2D eigenvalue weighted by molar-refractivity contribution is -0.120. The normalized spacial score (nSPS) is 16.5. The number of amides is 1. The highest BCUT2D eigenvalue weighted by Gasteiger charge is 2.20. The molecule has 1 aliphatic rings. The number of methoxy groups -OCH3 is 1. The highest BCUT2D eigenvalue weighted by Crippen LogP contribution is 2.20. The molecule has 23 heavy (non-hydrogen) atoms. The molecular formula is C17H24ClFN2O2. The maximum Gasteiger partial charge on any atom is 0.224 e. The minimum absolute atomic E-state index is 0.0157. The first-order chi connectivity index (χ1) is 11.1. The second kappa shape index (κ2) is 9.21. The van der Waals surface area contributed by atoms with E-state index in [4.69, 9.17) is 16.3 Å². The zero-order valence-electron chi connectivity index (χ0n) is 13.5. The predicted molar refractivity (Wildman–Crippen MR) is 89.2 cm³/mol. The fourth-order valence-electron chi connectivity index (χ4n) is 2.82. The number of benzene rings is 1. The third-order valence-electron chi connectivity index (χ3n) is 4.31. The second-order valence-electron chi connectivity index (χ2n) is 5.96. The number of carbonyl (C=O) groups is 1. The van der Waals surface area contributed by atoms with Gasteiger partial charge in [-0.25, -0.2) is 4.39 Å². The van der Waals surface area contributed by atoms with Crippen LogP contribution >= 0.6 is 11.6 Å². The standard InChI is InChI=1S/C17H24ClFN2O2/c1-23-10-9-21-7-5-13(6-8-21)12-20-17(22)11-14-15(18)3-2-4-16(14)19/h2-4,13H,5-12H2,1H3,(H,20,22). The van der Waals surface area contributed by atoms with E-state index in [1.807, 2.05) is 0 Å². The molecule has 1 aromatic rings. The fourth-order valence-corrected chi connectivity index (χ4v) is 3.05. The Labute approximate surface area is 141 Å². The molecule has 1 N–H and O–H groups in total. The van der Waals surface area contributed by atoms with Crippen LogP contribution in [0.1, 0.15) is 18.4 Å². The minimum Gasteiger partial charge on any atom is -0.383 e. The number of nitrogens with zero attached hydrogens (tertiary/aromatic N) is 1. The molecule has 1 aromatic carbocycles. The quantitative estimate of drug-likeness (QED) is 0.827. The van der Waals surface area contributed by atoms with E-state index >= 15 is 0 Å². The van der Waals surface area contributed by atoms with Gasteiger partial charge in [0.2, 0.25) is 5.91 Å². The van der Waals surface area contributed by atoms with Crippen molar-refractivity contribution >= 4 is 17.5 Å². The smallest absolute Gasteiger partial charge is 0.224 e. The Morgan fingerprint density at radius 2 is 2.17 bits per heavy atom. The molecular weight excluding hydrogens is 319 g/mol. The SMILES string of the molecule is COCCN1CCC(CNC(=O)Cc2c(F)cccc2Cl)CC1. The summed E-state index contributed by atoms with van der Waals surface area (Å²) in [5, 5.41) is 3.20. The zero-order chi connectivity index (χ0) is 16.7. The number of halogens is 2. The predicted octanol–water partition coefficient (Wildman–Crippen LogP) is 2.50. The van der Waals surface area contributed by atoms with Crippen LogP contribution in [-0.4, -0.2) is 50.7 Å². The lowest BCUT2D eigenvalue weighted by Gasteiger charge is -2.31. The van der Waals surface area contributed by atoms with Gasteiger partial charge in [-0.2, -0.15) is 0 Å². The van der Waals surface area contributed by atoms with Crippen LogP contribution in [0.4, 0.5) is 4.39 Å². The summed E-state index contributed by atoms with van der Waals surface area (Å²) in [4.78, 5) is 14.4. The van der Waals surface area contributed by atoms with E-state index in [2.05, 4.69) is 10.2 Å². The number of hydrogen-bond acceptors (Lipinski definition) is 3. The molecule has 6 heteroatoms. The van der Waals surface area contributed by atoms with Gasteiger partial charge >= 0.3 is 0 Å². The molecule has 1 heterocycles. The molecule has 0 unspecified atom stereocenters. The summed E-state index contributed by atoms with van der Waals surface area (Å²) < 4.78 is 18.8. The van der Waals surface area contributed by atoms with Crippen LogP contribution < -0.4 is 5.32 Å². The monoisotopic (exact) mass is 342 g/mol. The summed E-state index contributed by atoms with van der Waals surface area (Å²) in [6.07, 6.45) is 2.10.